The highest BCUT2D eigenvalue weighted by molar-refractivity contribution is 7.91. The zero-order valence-corrected chi connectivity index (χ0v) is 16.5. The maximum Gasteiger partial charge on any atom is 0.387 e. The fraction of sp³-hybridized carbons (Fsp3) is 0.294. The van der Waals surface area contributed by atoms with E-state index in [1.54, 1.807) is 6.92 Å². The molecule has 0 N–H and O–H groups in total. The molecule has 0 unspecified atom stereocenters. The number of aromatic nitrogens is 3. The average Bonchev–Trinajstić information content (AvgIpc) is 2.95. The van der Waals surface area contributed by atoms with Gasteiger partial charge in [-0.05, 0) is 25.1 Å². The summed E-state index contributed by atoms with van der Waals surface area (Å²) < 4.78 is 61.5. The summed E-state index contributed by atoms with van der Waals surface area (Å²) in [5.74, 6) is -0.481. The third kappa shape index (κ3) is 4.08. The van der Waals surface area contributed by atoms with Crippen LogP contribution in [0, 0.1) is 6.92 Å². The molecule has 3 rings (SSSR count). The van der Waals surface area contributed by atoms with Gasteiger partial charge >= 0.3 is 6.61 Å². The predicted molar refractivity (Wildman–Crippen MR) is 99.2 cm³/mol. The second-order valence-electron chi connectivity index (χ2n) is 5.84. The molecule has 7 nitrogen and oxygen atoms in total. The Kier molecular flexibility index (Phi) is 5.82. The molecule has 0 atom stereocenters. The number of ether oxygens (including phenoxy) is 2. The van der Waals surface area contributed by atoms with Gasteiger partial charge in [-0.25, -0.2) is 18.1 Å². The number of methoxy groups -OCH3 is 1. The maximum absolute atomic E-state index is 12.9. The first kappa shape index (κ1) is 20.4. The van der Waals surface area contributed by atoms with Gasteiger partial charge < -0.3 is 9.47 Å². The predicted octanol–water partition coefficient (Wildman–Crippen LogP) is 3.40. The summed E-state index contributed by atoms with van der Waals surface area (Å²) in [4.78, 5) is 3.92. The molecule has 1 aromatic carbocycles. The van der Waals surface area contributed by atoms with Crippen molar-refractivity contribution in [2.75, 3.05) is 19.5 Å². The van der Waals surface area contributed by atoms with E-state index in [-0.39, 0.29) is 33.8 Å². The van der Waals surface area contributed by atoms with Crippen molar-refractivity contribution < 1.29 is 26.7 Å². The lowest BCUT2D eigenvalue weighted by Gasteiger charge is -2.14. The van der Waals surface area contributed by atoms with Crippen LogP contribution in [0.15, 0.2) is 35.4 Å². The van der Waals surface area contributed by atoms with Gasteiger partial charge in [0, 0.05) is 24.8 Å². The van der Waals surface area contributed by atoms with E-state index in [9.17, 15) is 17.2 Å². The van der Waals surface area contributed by atoms with Crippen LogP contribution in [0.2, 0.25) is 5.15 Å². The number of sulfone groups is 1. The normalized spacial score (nSPS) is 12.1. The van der Waals surface area contributed by atoms with E-state index in [0.29, 0.717) is 16.6 Å². The van der Waals surface area contributed by atoms with Crippen molar-refractivity contribution >= 4 is 32.3 Å². The van der Waals surface area contributed by atoms with Crippen molar-refractivity contribution in [3.63, 3.8) is 0 Å². The molecule has 3 aromatic rings. The first-order chi connectivity index (χ1) is 13.2. The van der Waals surface area contributed by atoms with Crippen LogP contribution < -0.4 is 4.74 Å². The Morgan fingerprint density at radius 3 is 2.71 bits per heavy atom. The van der Waals surface area contributed by atoms with E-state index in [1.165, 1.54) is 42.3 Å². The third-order valence-corrected chi connectivity index (χ3v) is 5.89. The van der Waals surface area contributed by atoms with Crippen LogP contribution in [0.4, 0.5) is 8.78 Å². The minimum atomic E-state index is -3.70. The number of hydrogen-bond donors (Lipinski definition) is 0. The Morgan fingerprint density at radius 1 is 1.29 bits per heavy atom. The number of alkyl halides is 2. The van der Waals surface area contributed by atoms with Gasteiger partial charge in [0.15, 0.2) is 15.6 Å². The van der Waals surface area contributed by atoms with E-state index >= 15 is 0 Å². The molecule has 0 saturated carbocycles. The van der Waals surface area contributed by atoms with Gasteiger partial charge in [-0.2, -0.15) is 13.9 Å². The van der Waals surface area contributed by atoms with E-state index in [4.69, 9.17) is 16.3 Å². The van der Waals surface area contributed by atoms with Crippen LogP contribution in [0.5, 0.6) is 5.75 Å². The molecular weight excluding hydrogens is 416 g/mol. The average molecular weight is 432 g/mol. The van der Waals surface area contributed by atoms with Crippen LogP contribution in [0.3, 0.4) is 0 Å². The van der Waals surface area contributed by atoms with Gasteiger partial charge in [-0.15, -0.1) is 0 Å². The number of halogens is 3. The Morgan fingerprint density at radius 2 is 2.04 bits per heavy atom. The molecule has 0 aliphatic heterocycles. The summed E-state index contributed by atoms with van der Waals surface area (Å²) >= 11 is 5.96. The van der Waals surface area contributed by atoms with Gasteiger partial charge in [0.1, 0.15) is 10.8 Å². The maximum atomic E-state index is 12.9. The van der Waals surface area contributed by atoms with E-state index in [1.807, 2.05) is 0 Å². The lowest BCUT2D eigenvalue weighted by molar-refractivity contribution is -0.0499. The van der Waals surface area contributed by atoms with Gasteiger partial charge in [-0.3, -0.25) is 0 Å². The minimum Gasteiger partial charge on any atom is -0.433 e. The van der Waals surface area contributed by atoms with Gasteiger partial charge in [-0.1, -0.05) is 11.6 Å². The van der Waals surface area contributed by atoms with Crippen LogP contribution in [-0.2, 0) is 14.6 Å². The molecule has 2 aromatic heterocycles. The van der Waals surface area contributed by atoms with Gasteiger partial charge in [0.2, 0.25) is 0 Å². The summed E-state index contributed by atoms with van der Waals surface area (Å²) in [5, 5.41) is 5.14. The van der Waals surface area contributed by atoms with Crippen molar-refractivity contribution in [2.45, 2.75) is 18.4 Å². The SMILES string of the molecule is COCCS(=O)(=O)c1ccc(OC(F)F)c(-n2nc(C)c3cnc(Cl)cc32)c1. The summed E-state index contributed by atoms with van der Waals surface area (Å²) in [6.45, 7) is -1.39. The Balaban J connectivity index is 2.23. The van der Waals surface area contributed by atoms with Gasteiger partial charge in [0.05, 0.1) is 28.5 Å². The number of fused-ring (bicyclic) bond motifs is 1. The monoisotopic (exact) mass is 431 g/mol. The highest BCUT2D eigenvalue weighted by atomic mass is 35.5. The molecule has 0 fully saturated rings. The topological polar surface area (TPSA) is 83.3 Å². The zero-order chi connectivity index (χ0) is 20.5. The summed E-state index contributed by atoms with van der Waals surface area (Å²) in [5.41, 5.74) is 1.08. The molecule has 0 amide bonds. The molecule has 0 aliphatic carbocycles. The highest BCUT2D eigenvalue weighted by Crippen LogP contribution is 2.32. The zero-order valence-electron chi connectivity index (χ0n) is 14.9. The largest absolute Gasteiger partial charge is 0.433 e. The summed E-state index contributed by atoms with van der Waals surface area (Å²) in [6.07, 6.45) is 1.50. The first-order valence-electron chi connectivity index (χ1n) is 8.04. The van der Waals surface area contributed by atoms with Crippen LogP contribution >= 0.6 is 11.6 Å². The molecule has 0 aliphatic rings. The van der Waals surface area contributed by atoms with Crippen LogP contribution in [-0.4, -0.2) is 49.3 Å². The van der Waals surface area contributed by atoms with Crippen molar-refractivity contribution in [3.05, 3.63) is 41.3 Å². The van der Waals surface area contributed by atoms with Crippen molar-refractivity contribution in [2.24, 2.45) is 0 Å². The van der Waals surface area contributed by atoms with Crippen LogP contribution in [0.1, 0.15) is 5.69 Å². The van der Waals surface area contributed by atoms with Crippen molar-refractivity contribution in [1.82, 2.24) is 14.8 Å². The number of pyridine rings is 1. The number of rotatable bonds is 7. The van der Waals surface area contributed by atoms with Gasteiger partial charge in [0.25, 0.3) is 0 Å². The summed E-state index contributed by atoms with van der Waals surface area (Å²) in [7, 11) is -2.31. The third-order valence-electron chi connectivity index (χ3n) is 4.01. The first-order valence-corrected chi connectivity index (χ1v) is 10.1. The Hall–Kier alpha value is -2.30. The molecule has 0 saturated heterocycles. The molecule has 150 valence electrons. The smallest absolute Gasteiger partial charge is 0.387 e. The van der Waals surface area contributed by atoms with Crippen molar-refractivity contribution in [3.8, 4) is 11.4 Å². The lowest BCUT2D eigenvalue weighted by Crippen LogP contribution is -2.13. The van der Waals surface area contributed by atoms with E-state index < -0.39 is 16.4 Å². The van der Waals surface area contributed by atoms with E-state index in [0.717, 1.165) is 0 Å². The number of benzene rings is 1. The lowest BCUT2D eigenvalue weighted by atomic mass is 10.2. The number of hydrogen-bond acceptors (Lipinski definition) is 6. The molecule has 28 heavy (non-hydrogen) atoms. The second-order valence-corrected chi connectivity index (χ2v) is 8.34. The second kappa shape index (κ2) is 7.98. The highest BCUT2D eigenvalue weighted by Gasteiger charge is 2.21. The molecule has 11 heteroatoms. The fourth-order valence-electron chi connectivity index (χ4n) is 2.68. The molecule has 2 heterocycles. The van der Waals surface area contributed by atoms with E-state index in [2.05, 4.69) is 14.8 Å². The molecular formula is C17H16ClF2N3O4S. The summed E-state index contributed by atoms with van der Waals surface area (Å²) in [6, 6.07) is 5.13. The van der Waals surface area contributed by atoms with Crippen molar-refractivity contribution in [1.29, 1.82) is 0 Å². The van der Waals surface area contributed by atoms with Crippen LogP contribution in [0.25, 0.3) is 16.6 Å². The minimum absolute atomic E-state index is 0.00195. The molecule has 0 spiro atoms. The standard InChI is InChI=1S/C17H16ClF2N3O4S/c1-10-12-9-21-16(18)8-13(12)23(22-10)14-7-11(28(24,25)6-5-26-2)3-4-15(14)27-17(19)20/h3-4,7-9,17H,5-6H2,1-2H3. The quantitative estimate of drug-likeness (QED) is 0.533. The Bertz CT molecular complexity index is 1120. The number of nitrogens with zero attached hydrogens (tertiary/aromatic N) is 3. The molecule has 0 bridgehead atoms. The number of aryl methyl sites for hydroxylation is 1. The fourth-order valence-corrected chi connectivity index (χ4v) is 4.02. The Labute approximate surface area is 164 Å². The molecule has 0 radical (unpaired) electrons.